The summed E-state index contributed by atoms with van der Waals surface area (Å²) in [6, 6.07) is 0. The van der Waals surface area contributed by atoms with Gasteiger partial charge in [0.05, 0.1) is 12.0 Å². The minimum Gasteiger partial charge on any atom is -0.466 e. The van der Waals surface area contributed by atoms with Crippen molar-refractivity contribution in [2.45, 2.75) is 38.8 Å². The average Bonchev–Trinajstić information content (AvgIpc) is 3.06. The second-order valence-electron chi connectivity index (χ2n) is 5.10. The number of halogens is 3. The van der Waals surface area contributed by atoms with Gasteiger partial charge in [0.15, 0.2) is 10.8 Å². The number of rotatable bonds is 5. The van der Waals surface area contributed by atoms with Crippen molar-refractivity contribution in [1.29, 1.82) is 0 Å². The highest BCUT2D eigenvalue weighted by Gasteiger charge is 2.42. The van der Waals surface area contributed by atoms with Gasteiger partial charge in [-0.1, -0.05) is 12.8 Å². The summed E-state index contributed by atoms with van der Waals surface area (Å²) in [6.07, 6.45) is -1.21. The lowest BCUT2D eigenvalue weighted by molar-refractivity contribution is -0.154. The molecule has 0 amide bonds. The van der Waals surface area contributed by atoms with E-state index < -0.39 is 17.3 Å². The Hall–Kier alpha value is -1.31. The lowest BCUT2D eigenvalue weighted by atomic mass is 9.86. The fraction of sp³-hybridized carbons (Fsp3) is 0.692. The van der Waals surface area contributed by atoms with Crippen LogP contribution in [0.25, 0.3) is 0 Å². The highest BCUT2D eigenvalue weighted by molar-refractivity contribution is 7.13. The van der Waals surface area contributed by atoms with Gasteiger partial charge in [0.2, 0.25) is 0 Å². The van der Waals surface area contributed by atoms with Gasteiger partial charge < -0.3 is 10.1 Å². The van der Waals surface area contributed by atoms with Crippen molar-refractivity contribution >= 4 is 22.4 Å². The van der Waals surface area contributed by atoms with Crippen LogP contribution in [0.1, 0.15) is 38.3 Å². The second kappa shape index (κ2) is 6.21. The number of hydrogen-bond donors (Lipinski definition) is 1. The molecule has 1 heterocycles. The van der Waals surface area contributed by atoms with Crippen molar-refractivity contribution in [3.8, 4) is 0 Å². The summed E-state index contributed by atoms with van der Waals surface area (Å²) in [5.41, 5.74) is -1.55. The molecule has 1 aliphatic rings. The summed E-state index contributed by atoms with van der Waals surface area (Å²) >= 11 is 0.889. The predicted molar refractivity (Wildman–Crippen MR) is 73.1 cm³/mol. The van der Waals surface area contributed by atoms with Gasteiger partial charge in [0.25, 0.3) is 0 Å². The van der Waals surface area contributed by atoms with Gasteiger partial charge in [-0.25, -0.2) is 4.98 Å². The lowest BCUT2D eigenvalue weighted by Gasteiger charge is -2.26. The van der Waals surface area contributed by atoms with Gasteiger partial charge >= 0.3 is 12.1 Å². The molecular formula is C13H17F3N2O2S. The van der Waals surface area contributed by atoms with Crippen molar-refractivity contribution in [2.75, 3.05) is 18.5 Å². The van der Waals surface area contributed by atoms with Crippen LogP contribution >= 0.6 is 11.3 Å². The van der Waals surface area contributed by atoms with E-state index in [0.717, 1.165) is 29.6 Å². The number of ether oxygens (including phenoxy) is 1. The fourth-order valence-corrected chi connectivity index (χ4v) is 3.24. The van der Waals surface area contributed by atoms with Gasteiger partial charge in [0.1, 0.15) is 0 Å². The van der Waals surface area contributed by atoms with Crippen molar-refractivity contribution in [3.05, 3.63) is 11.1 Å². The second-order valence-corrected chi connectivity index (χ2v) is 5.96. The monoisotopic (exact) mass is 322 g/mol. The number of aromatic nitrogens is 1. The first kappa shape index (κ1) is 16.1. The van der Waals surface area contributed by atoms with E-state index in [-0.39, 0.29) is 17.6 Å². The molecule has 118 valence electrons. The van der Waals surface area contributed by atoms with E-state index in [9.17, 15) is 18.0 Å². The first-order chi connectivity index (χ1) is 9.87. The van der Waals surface area contributed by atoms with Crippen molar-refractivity contribution in [1.82, 2.24) is 4.98 Å². The van der Waals surface area contributed by atoms with Gasteiger partial charge in [0, 0.05) is 11.9 Å². The molecule has 0 radical (unpaired) electrons. The Bertz CT molecular complexity index is 496. The summed E-state index contributed by atoms with van der Waals surface area (Å²) in [4.78, 5) is 15.6. The zero-order valence-corrected chi connectivity index (χ0v) is 12.4. The van der Waals surface area contributed by atoms with Crippen LogP contribution in [0.4, 0.5) is 18.3 Å². The Labute approximate surface area is 124 Å². The molecule has 1 N–H and O–H groups in total. The van der Waals surface area contributed by atoms with Crippen LogP contribution in [0, 0.1) is 5.41 Å². The molecule has 1 aromatic rings. The normalized spacial score (nSPS) is 17.7. The van der Waals surface area contributed by atoms with Crippen LogP contribution in [0.3, 0.4) is 0 Å². The number of thiazole rings is 1. The number of alkyl halides is 3. The number of carbonyl (C=O) groups is 1. The molecule has 1 aliphatic carbocycles. The van der Waals surface area contributed by atoms with Crippen molar-refractivity contribution < 1.29 is 22.7 Å². The summed E-state index contributed by atoms with van der Waals surface area (Å²) in [7, 11) is 0. The smallest absolute Gasteiger partial charge is 0.434 e. The summed E-state index contributed by atoms with van der Waals surface area (Å²) in [5.74, 6) is -0.275. The van der Waals surface area contributed by atoms with Crippen LogP contribution in [0.2, 0.25) is 0 Å². The van der Waals surface area contributed by atoms with E-state index in [1.165, 1.54) is 0 Å². The first-order valence-electron chi connectivity index (χ1n) is 6.81. The molecular weight excluding hydrogens is 305 g/mol. The molecule has 0 spiro atoms. The standard InChI is InChI=1S/C13H17F3N2O2S/c1-2-20-10(19)12(5-3-4-6-12)8-17-11-18-9(7-21-11)13(14,15)16/h7H,2-6,8H2,1H3,(H,17,18). The molecule has 1 saturated carbocycles. The molecule has 21 heavy (non-hydrogen) atoms. The maximum atomic E-state index is 12.5. The van der Waals surface area contributed by atoms with E-state index in [2.05, 4.69) is 10.3 Å². The molecule has 1 fully saturated rings. The van der Waals surface area contributed by atoms with Gasteiger partial charge in [-0.2, -0.15) is 13.2 Å². The van der Waals surface area contributed by atoms with E-state index in [0.29, 0.717) is 19.4 Å². The topological polar surface area (TPSA) is 51.2 Å². The summed E-state index contributed by atoms with van der Waals surface area (Å²) < 4.78 is 42.6. The average molecular weight is 322 g/mol. The van der Waals surface area contributed by atoms with E-state index in [4.69, 9.17) is 4.74 Å². The van der Waals surface area contributed by atoms with Crippen LogP contribution in [-0.2, 0) is 15.7 Å². The van der Waals surface area contributed by atoms with Crippen LogP contribution in [-0.4, -0.2) is 24.1 Å². The van der Waals surface area contributed by atoms with Crippen LogP contribution in [0.15, 0.2) is 5.38 Å². The molecule has 0 atom stereocenters. The van der Waals surface area contributed by atoms with Crippen LogP contribution in [0.5, 0.6) is 0 Å². The number of carbonyl (C=O) groups excluding carboxylic acids is 1. The highest BCUT2D eigenvalue weighted by Crippen LogP contribution is 2.40. The van der Waals surface area contributed by atoms with Gasteiger partial charge in [-0.05, 0) is 19.8 Å². The third-order valence-electron chi connectivity index (χ3n) is 3.64. The fourth-order valence-electron chi connectivity index (χ4n) is 2.52. The van der Waals surface area contributed by atoms with E-state index >= 15 is 0 Å². The van der Waals surface area contributed by atoms with Crippen molar-refractivity contribution in [2.24, 2.45) is 5.41 Å². The summed E-state index contributed by atoms with van der Waals surface area (Å²) in [6.45, 7) is 2.30. The molecule has 1 aromatic heterocycles. The lowest BCUT2D eigenvalue weighted by Crippen LogP contribution is -2.37. The maximum Gasteiger partial charge on any atom is 0.434 e. The number of anilines is 1. The molecule has 4 nitrogen and oxygen atoms in total. The Morgan fingerprint density at radius 1 is 1.48 bits per heavy atom. The zero-order chi connectivity index (χ0) is 15.5. The van der Waals surface area contributed by atoms with Gasteiger partial charge in [-0.15, -0.1) is 11.3 Å². The minimum absolute atomic E-state index is 0.179. The Morgan fingerprint density at radius 3 is 2.67 bits per heavy atom. The Morgan fingerprint density at radius 2 is 2.14 bits per heavy atom. The number of nitrogens with one attached hydrogen (secondary N) is 1. The molecule has 2 rings (SSSR count). The Kier molecular flexibility index (Phi) is 4.75. The molecule has 0 aliphatic heterocycles. The maximum absolute atomic E-state index is 12.5. The highest BCUT2D eigenvalue weighted by atomic mass is 32.1. The molecule has 0 bridgehead atoms. The number of hydrogen-bond acceptors (Lipinski definition) is 5. The Balaban J connectivity index is 2.02. The van der Waals surface area contributed by atoms with E-state index in [1.807, 2.05) is 0 Å². The molecule has 0 saturated heterocycles. The molecule has 0 aromatic carbocycles. The van der Waals surface area contributed by atoms with Gasteiger partial charge in [-0.3, -0.25) is 4.79 Å². The number of esters is 1. The van der Waals surface area contributed by atoms with E-state index in [1.54, 1.807) is 6.92 Å². The third kappa shape index (κ3) is 3.66. The SMILES string of the molecule is CCOC(=O)C1(CNc2nc(C(F)(F)F)cs2)CCCC1. The largest absolute Gasteiger partial charge is 0.466 e. The number of nitrogens with zero attached hydrogens (tertiary/aromatic N) is 1. The van der Waals surface area contributed by atoms with Crippen LogP contribution < -0.4 is 5.32 Å². The quantitative estimate of drug-likeness (QED) is 0.840. The predicted octanol–water partition coefficient (Wildman–Crippen LogP) is 3.70. The molecule has 0 unspecified atom stereocenters. The third-order valence-corrected chi connectivity index (χ3v) is 4.44. The van der Waals surface area contributed by atoms with Crippen molar-refractivity contribution in [3.63, 3.8) is 0 Å². The minimum atomic E-state index is -4.44. The zero-order valence-electron chi connectivity index (χ0n) is 11.6. The first-order valence-corrected chi connectivity index (χ1v) is 7.69. The summed E-state index contributed by atoms with van der Waals surface area (Å²) in [5, 5.41) is 4.01. The molecule has 8 heteroatoms.